The second kappa shape index (κ2) is 8.51. The zero-order valence-corrected chi connectivity index (χ0v) is 15.3. The normalized spacial score (nSPS) is 19.2. The maximum Gasteiger partial charge on any atom is 0.222 e. The second-order valence-electron chi connectivity index (χ2n) is 6.36. The highest BCUT2D eigenvalue weighted by molar-refractivity contribution is 7.91. The van der Waals surface area contributed by atoms with Crippen molar-refractivity contribution in [2.45, 2.75) is 45.6 Å². The molecule has 24 heavy (non-hydrogen) atoms. The quantitative estimate of drug-likeness (QED) is 0.674. The minimum Gasteiger partial charge on any atom is -0.493 e. The maximum atomic E-state index is 12.5. The number of ether oxygens (including phenoxy) is 1. The lowest BCUT2D eigenvalue weighted by Gasteiger charge is -2.28. The van der Waals surface area contributed by atoms with Gasteiger partial charge in [0.1, 0.15) is 5.75 Å². The van der Waals surface area contributed by atoms with Crippen molar-refractivity contribution in [2.24, 2.45) is 0 Å². The van der Waals surface area contributed by atoms with Crippen molar-refractivity contribution in [1.29, 1.82) is 0 Å². The SMILES string of the molecule is CCCN(C(=O)CCCOc1ccccc1C)C1CCS(=O)(=O)C1. The van der Waals surface area contributed by atoms with E-state index in [4.69, 9.17) is 4.74 Å². The number of carbonyl (C=O) groups is 1. The molecular weight excluding hydrogens is 326 g/mol. The summed E-state index contributed by atoms with van der Waals surface area (Å²) in [6.07, 6.45) is 2.42. The molecule has 6 heteroatoms. The summed E-state index contributed by atoms with van der Waals surface area (Å²) >= 11 is 0. The van der Waals surface area contributed by atoms with E-state index >= 15 is 0 Å². The van der Waals surface area contributed by atoms with Crippen LogP contribution in [0.2, 0.25) is 0 Å². The van der Waals surface area contributed by atoms with Gasteiger partial charge in [0.15, 0.2) is 9.84 Å². The number of aryl methyl sites for hydroxylation is 1. The van der Waals surface area contributed by atoms with Gasteiger partial charge in [-0.2, -0.15) is 0 Å². The van der Waals surface area contributed by atoms with E-state index in [2.05, 4.69) is 0 Å². The van der Waals surface area contributed by atoms with Crippen molar-refractivity contribution in [3.05, 3.63) is 29.8 Å². The molecule has 1 unspecified atom stereocenters. The Bertz CT molecular complexity index is 657. The van der Waals surface area contributed by atoms with Gasteiger partial charge in [0.05, 0.1) is 18.1 Å². The van der Waals surface area contributed by atoms with E-state index in [1.54, 1.807) is 4.90 Å². The average molecular weight is 353 g/mol. The van der Waals surface area contributed by atoms with Gasteiger partial charge in [-0.1, -0.05) is 25.1 Å². The van der Waals surface area contributed by atoms with E-state index in [1.807, 2.05) is 38.1 Å². The van der Waals surface area contributed by atoms with Crippen LogP contribution in [0.5, 0.6) is 5.75 Å². The zero-order valence-electron chi connectivity index (χ0n) is 14.5. The van der Waals surface area contributed by atoms with Crippen LogP contribution >= 0.6 is 0 Å². The molecule has 0 saturated carbocycles. The molecule has 0 spiro atoms. The largest absolute Gasteiger partial charge is 0.493 e. The molecule has 1 aliphatic rings. The first-order valence-electron chi connectivity index (χ1n) is 8.61. The van der Waals surface area contributed by atoms with Crippen LogP contribution in [-0.4, -0.2) is 49.9 Å². The minimum absolute atomic E-state index is 0.0346. The fourth-order valence-corrected chi connectivity index (χ4v) is 4.77. The van der Waals surface area contributed by atoms with Crippen LogP contribution in [0, 0.1) is 6.92 Å². The summed E-state index contributed by atoms with van der Waals surface area (Å²) in [5.74, 6) is 1.18. The van der Waals surface area contributed by atoms with E-state index in [0.29, 0.717) is 32.4 Å². The van der Waals surface area contributed by atoms with Crippen molar-refractivity contribution in [1.82, 2.24) is 4.90 Å². The molecular formula is C18H27NO4S. The van der Waals surface area contributed by atoms with Crippen molar-refractivity contribution in [3.8, 4) is 5.75 Å². The van der Waals surface area contributed by atoms with Gasteiger partial charge in [-0.15, -0.1) is 0 Å². The van der Waals surface area contributed by atoms with E-state index < -0.39 is 9.84 Å². The Morgan fingerprint density at radius 3 is 2.71 bits per heavy atom. The summed E-state index contributed by atoms with van der Waals surface area (Å²) < 4.78 is 29.0. The average Bonchev–Trinajstić information content (AvgIpc) is 2.90. The van der Waals surface area contributed by atoms with Crippen molar-refractivity contribution in [3.63, 3.8) is 0 Å². The zero-order chi connectivity index (χ0) is 17.6. The van der Waals surface area contributed by atoms with Crippen LogP contribution in [0.15, 0.2) is 24.3 Å². The maximum absolute atomic E-state index is 12.5. The molecule has 1 saturated heterocycles. The van der Waals surface area contributed by atoms with Crippen LogP contribution in [0.4, 0.5) is 0 Å². The Hall–Kier alpha value is -1.56. The highest BCUT2D eigenvalue weighted by Gasteiger charge is 2.33. The Kier molecular flexibility index (Phi) is 6.66. The smallest absolute Gasteiger partial charge is 0.222 e. The lowest BCUT2D eigenvalue weighted by Crippen LogP contribution is -2.41. The predicted octanol–water partition coefficient (Wildman–Crippen LogP) is 2.58. The number of rotatable bonds is 8. The van der Waals surface area contributed by atoms with Crippen LogP contribution < -0.4 is 4.74 Å². The van der Waals surface area contributed by atoms with Gasteiger partial charge in [-0.25, -0.2) is 8.42 Å². The molecule has 1 fully saturated rings. The van der Waals surface area contributed by atoms with Crippen LogP contribution in [0.25, 0.3) is 0 Å². The van der Waals surface area contributed by atoms with Crippen LogP contribution in [0.3, 0.4) is 0 Å². The summed E-state index contributed by atoms with van der Waals surface area (Å²) in [5, 5.41) is 0. The summed E-state index contributed by atoms with van der Waals surface area (Å²) in [6.45, 7) is 5.10. The summed E-state index contributed by atoms with van der Waals surface area (Å²) in [4.78, 5) is 14.2. The molecule has 0 aromatic heterocycles. The fraction of sp³-hybridized carbons (Fsp3) is 0.611. The molecule has 5 nitrogen and oxygen atoms in total. The van der Waals surface area contributed by atoms with Crippen molar-refractivity contribution < 1.29 is 17.9 Å². The summed E-state index contributed by atoms with van der Waals surface area (Å²) in [5.41, 5.74) is 1.08. The van der Waals surface area contributed by atoms with Crippen LogP contribution in [0.1, 0.15) is 38.2 Å². The number of hydrogen-bond acceptors (Lipinski definition) is 4. The summed E-state index contributed by atoms with van der Waals surface area (Å²) in [6, 6.07) is 7.65. The topological polar surface area (TPSA) is 63.7 Å². The molecule has 2 rings (SSSR count). The molecule has 0 aliphatic carbocycles. The summed E-state index contributed by atoms with van der Waals surface area (Å²) in [7, 11) is -2.98. The van der Waals surface area contributed by atoms with Gasteiger partial charge in [0, 0.05) is 19.0 Å². The number of para-hydroxylation sites is 1. The first-order valence-corrected chi connectivity index (χ1v) is 10.4. The first kappa shape index (κ1) is 18.8. The van der Waals surface area contributed by atoms with E-state index in [-0.39, 0.29) is 23.5 Å². The molecule has 0 radical (unpaired) electrons. The van der Waals surface area contributed by atoms with E-state index in [9.17, 15) is 13.2 Å². The Morgan fingerprint density at radius 2 is 2.08 bits per heavy atom. The van der Waals surface area contributed by atoms with Crippen molar-refractivity contribution >= 4 is 15.7 Å². The number of carbonyl (C=O) groups excluding carboxylic acids is 1. The number of hydrogen-bond donors (Lipinski definition) is 0. The third-order valence-corrected chi connectivity index (χ3v) is 6.07. The highest BCUT2D eigenvalue weighted by atomic mass is 32.2. The Balaban J connectivity index is 1.82. The van der Waals surface area contributed by atoms with Gasteiger partial charge in [-0.05, 0) is 37.8 Å². The number of nitrogens with zero attached hydrogens (tertiary/aromatic N) is 1. The molecule has 0 N–H and O–H groups in total. The molecule has 1 heterocycles. The molecule has 0 bridgehead atoms. The third kappa shape index (κ3) is 5.23. The standard InChI is InChI=1S/C18H27NO4S/c1-3-11-19(16-10-13-24(21,22)14-16)18(20)9-6-12-23-17-8-5-4-7-15(17)2/h4-5,7-8,16H,3,6,9-14H2,1-2H3. The van der Waals surface area contributed by atoms with Crippen molar-refractivity contribution in [2.75, 3.05) is 24.7 Å². The Morgan fingerprint density at radius 1 is 1.33 bits per heavy atom. The molecule has 1 aromatic rings. The van der Waals surface area contributed by atoms with Gasteiger partial charge in [-0.3, -0.25) is 4.79 Å². The monoisotopic (exact) mass is 353 g/mol. The number of amides is 1. The first-order chi connectivity index (χ1) is 11.4. The molecule has 1 aromatic carbocycles. The molecule has 1 aliphatic heterocycles. The van der Waals surface area contributed by atoms with Gasteiger partial charge >= 0.3 is 0 Å². The fourth-order valence-electron chi connectivity index (χ4n) is 3.04. The minimum atomic E-state index is -2.98. The van der Waals surface area contributed by atoms with Crippen LogP contribution in [-0.2, 0) is 14.6 Å². The van der Waals surface area contributed by atoms with Gasteiger partial charge in [0.25, 0.3) is 0 Å². The number of sulfone groups is 1. The van der Waals surface area contributed by atoms with Gasteiger partial charge in [0.2, 0.25) is 5.91 Å². The molecule has 1 amide bonds. The predicted molar refractivity (Wildman–Crippen MR) is 95.0 cm³/mol. The number of benzene rings is 1. The lowest BCUT2D eigenvalue weighted by atomic mass is 10.1. The lowest BCUT2D eigenvalue weighted by molar-refractivity contribution is -0.133. The Labute approximate surface area is 144 Å². The van der Waals surface area contributed by atoms with E-state index in [0.717, 1.165) is 17.7 Å². The van der Waals surface area contributed by atoms with Gasteiger partial charge < -0.3 is 9.64 Å². The molecule has 134 valence electrons. The molecule has 1 atom stereocenters. The second-order valence-corrected chi connectivity index (χ2v) is 8.59. The highest BCUT2D eigenvalue weighted by Crippen LogP contribution is 2.20. The van der Waals surface area contributed by atoms with E-state index in [1.165, 1.54) is 0 Å². The third-order valence-electron chi connectivity index (χ3n) is 4.32.